The molecule has 1 aromatic carbocycles. The van der Waals surface area contributed by atoms with Crippen molar-refractivity contribution in [2.45, 2.75) is 53.2 Å². The van der Waals surface area contributed by atoms with Gasteiger partial charge in [0.15, 0.2) is 0 Å². The topological polar surface area (TPSA) is 91.5 Å². The molecule has 1 atom stereocenters. The standard InChI is InChI=1S/C24H30FN3O4/c1-14(2)32-24(31)20-15(3)21(27-16(20)4)23(30)28-11-5-6-18(13-28)22(29)26-12-17-7-9-19(25)10-8-17/h7-10,14,18,27H,5-6,11-13H2,1-4H3,(H,26,29). The Morgan fingerprint density at radius 1 is 1.22 bits per heavy atom. The Kier molecular flexibility index (Phi) is 7.33. The van der Waals surface area contributed by atoms with Crippen molar-refractivity contribution in [1.29, 1.82) is 0 Å². The van der Waals surface area contributed by atoms with Crippen LogP contribution in [0.2, 0.25) is 0 Å². The highest BCUT2D eigenvalue weighted by molar-refractivity contribution is 6.00. The van der Waals surface area contributed by atoms with Crippen molar-refractivity contribution in [2.24, 2.45) is 5.92 Å². The van der Waals surface area contributed by atoms with Crippen LogP contribution < -0.4 is 5.32 Å². The van der Waals surface area contributed by atoms with E-state index >= 15 is 0 Å². The van der Waals surface area contributed by atoms with Gasteiger partial charge in [-0.3, -0.25) is 9.59 Å². The third-order valence-corrected chi connectivity index (χ3v) is 5.66. The number of hydrogen-bond donors (Lipinski definition) is 2. The summed E-state index contributed by atoms with van der Waals surface area (Å²) in [6, 6.07) is 5.97. The van der Waals surface area contributed by atoms with Gasteiger partial charge >= 0.3 is 5.97 Å². The van der Waals surface area contributed by atoms with Gasteiger partial charge < -0.3 is 19.9 Å². The Balaban J connectivity index is 1.65. The van der Waals surface area contributed by atoms with Crippen LogP contribution in [0.15, 0.2) is 24.3 Å². The van der Waals surface area contributed by atoms with Crippen LogP contribution in [-0.2, 0) is 16.1 Å². The lowest BCUT2D eigenvalue weighted by atomic mass is 9.96. The molecule has 3 rings (SSSR count). The largest absolute Gasteiger partial charge is 0.459 e. The number of halogens is 1. The molecule has 0 bridgehead atoms. The number of nitrogens with zero attached hydrogens (tertiary/aromatic N) is 1. The van der Waals surface area contributed by atoms with Crippen molar-refractivity contribution in [3.63, 3.8) is 0 Å². The smallest absolute Gasteiger partial charge is 0.340 e. The van der Waals surface area contributed by atoms with Gasteiger partial charge in [-0.25, -0.2) is 9.18 Å². The summed E-state index contributed by atoms with van der Waals surface area (Å²) in [7, 11) is 0. The van der Waals surface area contributed by atoms with Crippen molar-refractivity contribution in [3.05, 3.63) is 58.2 Å². The second-order valence-corrected chi connectivity index (χ2v) is 8.51. The molecule has 2 aromatic rings. The van der Waals surface area contributed by atoms with Crippen molar-refractivity contribution in [2.75, 3.05) is 13.1 Å². The first-order valence-corrected chi connectivity index (χ1v) is 10.9. The number of aromatic nitrogens is 1. The molecule has 0 radical (unpaired) electrons. The number of carbonyl (C=O) groups is 3. The fourth-order valence-corrected chi connectivity index (χ4v) is 4.01. The highest BCUT2D eigenvalue weighted by Gasteiger charge is 2.32. The monoisotopic (exact) mass is 443 g/mol. The van der Waals surface area contributed by atoms with Crippen molar-refractivity contribution >= 4 is 17.8 Å². The first-order valence-electron chi connectivity index (χ1n) is 10.9. The van der Waals surface area contributed by atoms with Gasteiger partial charge in [-0.2, -0.15) is 0 Å². The first-order chi connectivity index (χ1) is 15.2. The second kappa shape index (κ2) is 9.97. The van der Waals surface area contributed by atoms with Crippen molar-refractivity contribution in [3.8, 4) is 0 Å². The highest BCUT2D eigenvalue weighted by Crippen LogP contribution is 2.24. The number of benzene rings is 1. The van der Waals surface area contributed by atoms with E-state index in [1.165, 1.54) is 12.1 Å². The zero-order valence-corrected chi connectivity index (χ0v) is 19.0. The van der Waals surface area contributed by atoms with E-state index in [2.05, 4.69) is 10.3 Å². The lowest BCUT2D eigenvalue weighted by molar-refractivity contribution is -0.126. The van der Waals surface area contributed by atoms with Crippen molar-refractivity contribution < 1.29 is 23.5 Å². The van der Waals surface area contributed by atoms with Crippen molar-refractivity contribution in [1.82, 2.24) is 15.2 Å². The van der Waals surface area contributed by atoms with Gasteiger partial charge in [-0.1, -0.05) is 12.1 Å². The number of piperidine rings is 1. The molecule has 1 aliphatic heterocycles. The Hall–Kier alpha value is -3.16. The third-order valence-electron chi connectivity index (χ3n) is 5.66. The zero-order chi connectivity index (χ0) is 23.4. The number of nitrogens with one attached hydrogen (secondary N) is 2. The van der Waals surface area contributed by atoms with Crippen LogP contribution in [-0.4, -0.2) is 46.9 Å². The zero-order valence-electron chi connectivity index (χ0n) is 19.0. The maximum absolute atomic E-state index is 13.2. The van der Waals surface area contributed by atoms with E-state index in [9.17, 15) is 18.8 Å². The fourth-order valence-electron chi connectivity index (χ4n) is 4.01. The number of aromatic amines is 1. The molecule has 172 valence electrons. The normalized spacial score (nSPS) is 16.2. The van der Waals surface area contributed by atoms with Gasteiger partial charge in [-0.15, -0.1) is 0 Å². The van der Waals surface area contributed by atoms with Crippen LogP contribution in [0.25, 0.3) is 0 Å². The van der Waals surface area contributed by atoms with Gasteiger partial charge in [-0.05, 0) is 63.8 Å². The number of aryl methyl sites for hydroxylation is 1. The third kappa shape index (κ3) is 5.36. The molecule has 1 aliphatic rings. The van der Waals surface area contributed by atoms with Crippen LogP contribution in [0.1, 0.15) is 64.4 Å². The summed E-state index contributed by atoms with van der Waals surface area (Å²) in [5, 5.41) is 2.88. The van der Waals surface area contributed by atoms with Crippen LogP contribution in [0, 0.1) is 25.6 Å². The average Bonchev–Trinajstić information content (AvgIpc) is 3.06. The van der Waals surface area contributed by atoms with E-state index in [1.54, 1.807) is 44.7 Å². The molecule has 0 saturated carbocycles. The molecular weight excluding hydrogens is 413 g/mol. The number of amides is 2. The average molecular weight is 444 g/mol. The van der Waals surface area contributed by atoms with E-state index in [0.717, 1.165) is 5.56 Å². The predicted molar refractivity (Wildman–Crippen MR) is 118 cm³/mol. The maximum atomic E-state index is 13.2. The fraction of sp³-hybridized carbons (Fsp3) is 0.458. The molecule has 1 saturated heterocycles. The summed E-state index contributed by atoms with van der Waals surface area (Å²) >= 11 is 0. The number of H-pyrrole nitrogens is 1. The minimum atomic E-state index is -0.456. The summed E-state index contributed by atoms with van der Waals surface area (Å²) in [5.41, 5.74) is 2.68. The number of hydrogen-bond acceptors (Lipinski definition) is 4. The second-order valence-electron chi connectivity index (χ2n) is 8.51. The van der Waals surface area contributed by atoms with Crippen LogP contribution in [0.3, 0.4) is 0 Å². The molecule has 0 spiro atoms. The summed E-state index contributed by atoms with van der Waals surface area (Å²) in [6.45, 7) is 8.17. The SMILES string of the molecule is Cc1[nH]c(C(=O)N2CCCC(C(=O)NCc3ccc(F)cc3)C2)c(C)c1C(=O)OC(C)C. The molecular formula is C24H30FN3O4. The van der Waals surface area contributed by atoms with Gasteiger partial charge in [0.1, 0.15) is 11.5 Å². The molecule has 1 fully saturated rings. The number of rotatable bonds is 6. The van der Waals surface area contributed by atoms with Crippen LogP contribution >= 0.6 is 0 Å². The highest BCUT2D eigenvalue weighted by atomic mass is 19.1. The Morgan fingerprint density at radius 3 is 2.56 bits per heavy atom. The molecule has 1 unspecified atom stereocenters. The van der Waals surface area contributed by atoms with Gasteiger partial charge in [0.05, 0.1) is 17.6 Å². The Labute approximate surface area is 187 Å². The van der Waals surface area contributed by atoms with E-state index < -0.39 is 5.97 Å². The minimum absolute atomic E-state index is 0.132. The number of ether oxygens (including phenoxy) is 1. The summed E-state index contributed by atoms with van der Waals surface area (Å²) in [5.74, 6) is -1.47. The summed E-state index contributed by atoms with van der Waals surface area (Å²) in [6.07, 6.45) is 1.14. The first kappa shape index (κ1) is 23.5. The van der Waals surface area contributed by atoms with Crippen LogP contribution in [0.5, 0.6) is 0 Å². The van der Waals surface area contributed by atoms with Crippen LogP contribution in [0.4, 0.5) is 4.39 Å². The maximum Gasteiger partial charge on any atom is 0.340 e. The molecule has 32 heavy (non-hydrogen) atoms. The molecule has 0 aliphatic carbocycles. The van der Waals surface area contributed by atoms with E-state index in [4.69, 9.17) is 4.74 Å². The Morgan fingerprint density at radius 2 is 1.91 bits per heavy atom. The number of esters is 1. The van der Waals surface area contributed by atoms with E-state index in [-0.39, 0.29) is 29.7 Å². The van der Waals surface area contributed by atoms with Gasteiger partial charge in [0, 0.05) is 25.3 Å². The molecule has 2 amide bonds. The molecule has 2 N–H and O–H groups in total. The predicted octanol–water partition coefficient (Wildman–Crippen LogP) is 3.50. The summed E-state index contributed by atoms with van der Waals surface area (Å²) in [4.78, 5) is 43.0. The number of carbonyl (C=O) groups excluding carboxylic acids is 3. The van der Waals surface area contributed by atoms with E-state index in [0.29, 0.717) is 55.0 Å². The lowest BCUT2D eigenvalue weighted by Crippen LogP contribution is -2.45. The van der Waals surface area contributed by atoms with E-state index in [1.807, 2.05) is 0 Å². The minimum Gasteiger partial charge on any atom is -0.459 e. The molecule has 7 nitrogen and oxygen atoms in total. The number of likely N-dealkylation sites (tertiary alicyclic amines) is 1. The lowest BCUT2D eigenvalue weighted by Gasteiger charge is -2.32. The van der Waals surface area contributed by atoms with Gasteiger partial charge in [0.2, 0.25) is 5.91 Å². The quantitative estimate of drug-likeness (QED) is 0.669. The molecule has 2 heterocycles. The summed E-state index contributed by atoms with van der Waals surface area (Å²) < 4.78 is 18.3. The Bertz CT molecular complexity index is 997. The molecule has 1 aromatic heterocycles. The van der Waals surface area contributed by atoms with Gasteiger partial charge in [0.25, 0.3) is 5.91 Å². The molecule has 8 heteroatoms.